The van der Waals surface area contributed by atoms with Crippen LogP contribution in [0.4, 0.5) is 4.79 Å². The number of carbonyl (C=O) groups excluding carboxylic acids is 2. The minimum Gasteiger partial charge on any atom is -0.450 e. The molecule has 0 spiro atoms. The van der Waals surface area contributed by atoms with Crippen molar-refractivity contribution in [1.29, 1.82) is 0 Å². The normalized spacial score (nSPS) is 20.2. The molecule has 0 aromatic heterocycles. The van der Waals surface area contributed by atoms with E-state index in [0.29, 0.717) is 50.4 Å². The van der Waals surface area contributed by atoms with Crippen molar-refractivity contribution in [3.63, 3.8) is 0 Å². The van der Waals surface area contributed by atoms with Gasteiger partial charge < -0.3 is 20.1 Å². The highest BCUT2D eigenvalue weighted by molar-refractivity contribution is 6.30. The van der Waals surface area contributed by atoms with Gasteiger partial charge in [-0.3, -0.25) is 4.79 Å². The highest BCUT2D eigenvalue weighted by Gasteiger charge is 2.45. The first-order chi connectivity index (χ1) is 14.9. The number of rotatable bonds is 7. The van der Waals surface area contributed by atoms with Gasteiger partial charge in [0.05, 0.1) is 18.1 Å². The fraction of sp³-hybridized carbons (Fsp3) is 0.667. The number of aliphatic hydroxyl groups is 1. The molecule has 2 N–H and O–H groups in total. The van der Waals surface area contributed by atoms with E-state index in [1.807, 2.05) is 17.0 Å². The number of likely N-dealkylation sites (tertiary alicyclic amines) is 1. The average Bonchev–Trinajstić information content (AvgIpc) is 2.75. The topological polar surface area (TPSA) is 78.9 Å². The van der Waals surface area contributed by atoms with Crippen LogP contribution in [0, 0.1) is 0 Å². The van der Waals surface area contributed by atoms with E-state index >= 15 is 0 Å². The fourth-order valence-electron chi connectivity index (χ4n) is 4.77. The third-order valence-corrected chi connectivity index (χ3v) is 6.78. The van der Waals surface area contributed by atoms with Crippen LogP contribution in [-0.2, 0) is 9.53 Å². The van der Waals surface area contributed by atoms with Gasteiger partial charge in [-0.05, 0) is 49.8 Å². The number of unbranched alkanes of at least 4 members (excludes halogenated alkanes) is 1. The van der Waals surface area contributed by atoms with Crippen molar-refractivity contribution in [2.45, 2.75) is 82.3 Å². The monoisotopic (exact) mass is 450 g/mol. The lowest BCUT2D eigenvalue weighted by molar-refractivity contribution is -0.142. The minimum absolute atomic E-state index is 0.000522. The van der Waals surface area contributed by atoms with Crippen LogP contribution >= 0.6 is 11.6 Å². The van der Waals surface area contributed by atoms with Crippen LogP contribution in [0.3, 0.4) is 0 Å². The van der Waals surface area contributed by atoms with Gasteiger partial charge in [0.1, 0.15) is 0 Å². The highest BCUT2D eigenvalue weighted by Crippen LogP contribution is 2.42. The Bertz CT molecular complexity index is 743. The van der Waals surface area contributed by atoms with E-state index in [1.165, 1.54) is 0 Å². The number of piperidine rings is 1. The van der Waals surface area contributed by atoms with Gasteiger partial charge in [0.2, 0.25) is 5.91 Å². The van der Waals surface area contributed by atoms with Crippen molar-refractivity contribution in [2.75, 3.05) is 19.7 Å². The third-order valence-electron chi connectivity index (χ3n) is 6.55. The summed E-state index contributed by atoms with van der Waals surface area (Å²) in [5.41, 5.74) is -0.264. The molecule has 1 unspecified atom stereocenters. The van der Waals surface area contributed by atoms with E-state index in [0.717, 1.165) is 37.7 Å². The zero-order valence-electron chi connectivity index (χ0n) is 18.4. The first-order valence-electron chi connectivity index (χ1n) is 11.6. The number of nitrogens with zero attached hydrogens (tertiary/aromatic N) is 1. The average molecular weight is 451 g/mol. The van der Waals surface area contributed by atoms with E-state index in [-0.39, 0.29) is 18.0 Å². The lowest BCUT2D eigenvalue weighted by atomic mass is 9.72. The highest BCUT2D eigenvalue weighted by atomic mass is 35.5. The van der Waals surface area contributed by atoms with E-state index in [2.05, 4.69) is 12.2 Å². The molecule has 2 fully saturated rings. The molecule has 6 nitrogen and oxygen atoms in total. The second-order valence-corrected chi connectivity index (χ2v) is 9.32. The number of halogens is 1. The molecular weight excluding hydrogens is 416 g/mol. The van der Waals surface area contributed by atoms with Gasteiger partial charge in [0, 0.05) is 24.2 Å². The van der Waals surface area contributed by atoms with Gasteiger partial charge in [0.25, 0.3) is 0 Å². The van der Waals surface area contributed by atoms with Gasteiger partial charge in [-0.25, -0.2) is 4.79 Å². The van der Waals surface area contributed by atoms with Gasteiger partial charge in [-0.1, -0.05) is 56.3 Å². The Balaban J connectivity index is 1.65. The second-order valence-electron chi connectivity index (χ2n) is 8.89. The Hall–Kier alpha value is -1.79. The lowest BCUT2D eigenvalue weighted by Gasteiger charge is -2.42. The third kappa shape index (κ3) is 6.36. The van der Waals surface area contributed by atoms with E-state index in [1.54, 1.807) is 12.1 Å². The standard InChI is InChI=1S/C24H35ClN2O4/c1-2-3-16-31-23(29)26-20-10-14-27(15-11-20)22(28)21(18-8-7-9-19(25)17-18)24(30)12-5-4-6-13-24/h7-9,17,20-21,30H,2-6,10-16H2,1H3,(H,26,29). The Morgan fingerprint density at radius 2 is 1.97 bits per heavy atom. The summed E-state index contributed by atoms with van der Waals surface area (Å²) >= 11 is 6.22. The van der Waals surface area contributed by atoms with Crippen LogP contribution in [0.1, 0.15) is 76.2 Å². The van der Waals surface area contributed by atoms with Gasteiger partial charge in [0.15, 0.2) is 0 Å². The quantitative estimate of drug-likeness (QED) is 0.593. The summed E-state index contributed by atoms with van der Waals surface area (Å²) in [6.45, 7) is 3.58. The Kier molecular flexibility index (Phi) is 8.61. The maximum absolute atomic E-state index is 13.6. The smallest absolute Gasteiger partial charge is 0.407 e. The maximum Gasteiger partial charge on any atom is 0.407 e. The molecule has 1 heterocycles. The van der Waals surface area contributed by atoms with E-state index in [4.69, 9.17) is 16.3 Å². The largest absolute Gasteiger partial charge is 0.450 e. The first-order valence-corrected chi connectivity index (χ1v) is 12.0. The molecule has 172 valence electrons. The number of carbonyl (C=O) groups is 2. The summed E-state index contributed by atoms with van der Waals surface area (Å²) in [7, 11) is 0. The first kappa shape index (κ1) is 23.9. The predicted molar refractivity (Wildman–Crippen MR) is 121 cm³/mol. The Labute approximate surface area is 190 Å². The summed E-state index contributed by atoms with van der Waals surface area (Å²) in [6.07, 6.45) is 6.98. The molecule has 0 radical (unpaired) electrons. The van der Waals surface area contributed by atoms with Crippen molar-refractivity contribution in [2.24, 2.45) is 0 Å². The molecule has 2 amide bonds. The minimum atomic E-state index is -1.04. The zero-order chi connectivity index (χ0) is 22.3. The maximum atomic E-state index is 13.6. The van der Waals surface area contributed by atoms with Crippen LogP contribution in [-0.4, -0.2) is 53.3 Å². The molecule has 31 heavy (non-hydrogen) atoms. The number of ether oxygens (including phenoxy) is 1. The van der Waals surface area contributed by atoms with E-state index < -0.39 is 11.5 Å². The van der Waals surface area contributed by atoms with Crippen molar-refractivity contribution in [3.8, 4) is 0 Å². The van der Waals surface area contributed by atoms with E-state index in [9.17, 15) is 14.7 Å². The molecule has 3 rings (SSSR count). The van der Waals surface area contributed by atoms with Crippen molar-refractivity contribution in [1.82, 2.24) is 10.2 Å². The summed E-state index contributed by atoms with van der Waals surface area (Å²) in [5.74, 6) is -0.661. The summed E-state index contributed by atoms with van der Waals surface area (Å²) < 4.78 is 5.18. The summed E-state index contributed by atoms with van der Waals surface area (Å²) in [5, 5.41) is 15.0. The number of alkyl carbamates (subject to hydrolysis) is 1. The lowest BCUT2D eigenvalue weighted by Crippen LogP contribution is -2.52. The number of hydrogen-bond acceptors (Lipinski definition) is 4. The molecule has 1 aliphatic carbocycles. The van der Waals surface area contributed by atoms with Crippen LogP contribution in [0.2, 0.25) is 5.02 Å². The molecule has 1 aromatic rings. The van der Waals surface area contributed by atoms with Crippen molar-refractivity contribution >= 4 is 23.6 Å². The zero-order valence-corrected chi connectivity index (χ0v) is 19.2. The molecule has 2 aliphatic rings. The van der Waals surface area contributed by atoms with Crippen molar-refractivity contribution in [3.05, 3.63) is 34.9 Å². The summed E-state index contributed by atoms with van der Waals surface area (Å²) in [4.78, 5) is 27.4. The molecule has 1 aliphatic heterocycles. The Morgan fingerprint density at radius 3 is 2.61 bits per heavy atom. The molecule has 7 heteroatoms. The SMILES string of the molecule is CCCCOC(=O)NC1CCN(C(=O)C(c2cccc(Cl)c2)C2(O)CCCCC2)CC1. The molecule has 1 aromatic carbocycles. The predicted octanol–water partition coefficient (Wildman–Crippen LogP) is 4.64. The van der Waals surface area contributed by atoms with Crippen molar-refractivity contribution < 1.29 is 19.4 Å². The summed E-state index contributed by atoms with van der Waals surface area (Å²) in [6, 6.07) is 7.32. The number of nitrogens with one attached hydrogen (secondary N) is 1. The van der Waals surface area contributed by atoms with Gasteiger partial charge >= 0.3 is 6.09 Å². The van der Waals surface area contributed by atoms with Crippen LogP contribution in [0.25, 0.3) is 0 Å². The molecular formula is C24H35ClN2O4. The second kappa shape index (κ2) is 11.2. The molecule has 1 atom stereocenters. The van der Waals surface area contributed by atoms with Crippen LogP contribution in [0.5, 0.6) is 0 Å². The van der Waals surface area contributed by atoms with Gasteiger partial charge in [-0.15, -0.1) is 0 Å². The number of amides is 2. The Morgan fingerprint density at radius 1 is 1.26 bits per heavy atom. The number of benzene rings is 1. The molecule has 1 saturated carbocycles. The number of hydrogen-bond donors (Lipinski definition) is 2. The fourth-order valence-corrected chi connectivity index (χ4v) is 4.96. The molecule has 1 saturated heterocycles. The van der Waals surface area contributed by atoms with Gasteiger partial charge in [-0.2, -0.15) is 0 Å². The van der Waals surface area contributed by atoms with Crippen LogP contribution < -0.4 is 5.32 Å². The molecule has 0 bridgehead atoms. The van der Waals surface area contributed by atoms with Crippen LogP contribution in [0.15, 0.2) is 24.3 Å².